The molecule has 4 fully saturated rings. The smallest absolute Gasteiger partial charge is 0.295 e. The van der Waals surface area contributed by atoms with E-state index < -0.39 is 41.4 Å². The molecule has 15 aromatic rings. The highest BCUT2D eigenvalue weighted by Crippen LogP contribution is 2.40. The number of rotatable bonds is 22. The number of tetrazole rings is 3. The van der Waals surface area contributed by atoms with E-state index in [0.717, 1.165) is 22.1 Å². The number of Topliss-reactive ketones (excluding diaryl/α,β-unsaturated/α-hetero) is 3. The predicted octanol–water partition coefficient (Wildman–Crippen LogP) is 6.18. The minimum Gasteiger partial charge on any atom is -0.494 e. The number of pyridine rings is 3. The van der Waals surface area contributed by atoms with E-state index in [9.17, 15) is 33.6 Å². The van der Waals surface area contributed by atoms with Crippen molar-refractivity contribution in [3.8, 4) is 68.5 Å². The number of benzene rings is 3. The van der Waals surface area contributed by atoms with Gasteiger partial charge in [0.2, 0.25) is 24.1 Å². The van der Waals surface area contributed by atoms with Gasteiger partial charge in [0.25, 0.3) is 35.1 Å². The zero-order valence-corrected chi connectivity index (χ0v) is 67.4. The second-order valence-corrected chi connectivity index (χ2v) is 30.1. The van der Waals surface area contributed by atoms with E-state index in [4.69, 9.17) is 23.7 Å². The second-order valence-electron chi connectivity index (χ2n) is 27.4. The molecule has 40 nitrogen and oxygen atoms in total. The van der Waals surface area contributed by atoms with Gasteiger partial charge in [0.05, 0.1) is 120 Å². The van der Waals surface area contributed by atoms with Gasteiger partial charge in [-0.1, -0.05) is 69.9 Å². The van der Waals surface area contributed by atoms with E-state index >= 15 is 0 Å². The average molecular weight is 1690 g/mol. The van der Waals surface area contributed by atoms with Crippen LogP contribution in [0.5, 0.6) is 17.2 Å². The third-order valence-corrected chi connectivity index (χ3v) is 23.0. The molecule has 0 bridgehead atoms. The third kappa shape index (κ3) is 15.7. The number of aromatic nitrogens is 21. The number of methoxy groups -OCH3 is 3. The minimum absolute atomic E-state index is 0.178. The number of nitrogens with zero attached hydrogens (tertiary/aromatic N) is 24. The van der Waals surface area contributed by atoms with Gasteiger partial charge in [-0.25, -0.2) is 29.9 Å². The number of aldehydes is 1. The Hall–Kier alpha value is -14.4. The van der Waals surface area contributed by atoms with E-state index in [1.165, 1.54) is 85.0 Å². The minimum atomic E-state index is -0.661. The molecule has 4 N–H and O–H groups in total. The van der Waals surface area contributed by atoms with Crippen LogP contribution in [0.1, 0.15) is 57.2 Å². The highest BCUT2D eigenvalue weighted by molar-refractivity contribution is 7.11. The lowest BCUT2D eigenvalue weighted by atomic mass is 10.1. The number of ketones is 3. The fourth-order valence-electron chi connectivity index (χ4n) is 14.5. The van der Waals surface area contributed by atoms with Gasteiger partial charge in [0.15, 0.2) is 11.3 Å². The molecule has 12 aromatic heterocycles. The molecule has 0 saturated carbocycles. The molecule has 0 atom stereocenters. The molecule has 0 spiro atoms. The lowest BCUT2D eigenvalue weighted by molar-refractivity contribution is -0.127. The number of carbonyl (C=O) groups excluding carboxylic acids is 7. The standard InChI is InChI=1S/C27H25N9O5S.C26H26N10O3S.C25H21N9O4S/c1-39-19-14-29-21(18-15-42-24(30-18)26-40-11-12-41-26)22-20(19)17(13-28-22)23(37)25(38)34-7-9-35(10-8-34)27-31-32-33-36(27)16-5-3-2-4-6-16;1-27-14-20-30-18(15-40-20)22-23-21(19(39-2)13-29-22)17(12-28-23)24(37)25(38)34-8-10-35(11-9-34)26-31-32-33-36(26)16-6-4-3-5-7-16;1-38-18-12-27-21(17-14-39-19(13-35)28-17)22-20(18)16(11-26-22)23(36)24(37)32-7-9-33(10-8-32)25-29-30-31-34(25)15-5-3-2-4-6-15/h2-6,13-15,26,28H,7-12H2,1H3;3-7,12-13,15,27-28H,8-11,14H2,1-2H3;2-6,11-14,26H,7-10H2,1H3. The Labute approximate surface area is 697 Å². The van der Waals surface area contributed by atoms with Crippen LogP contribution in [-0.2, 0) is 30.4 Å². The van der Waals surface area contributed by atoms with Crippen molar-refractivity contribution in [2.24, 2.45) is 0 Å². The number of H-pyrrole nitrogens is 3. The number of hydrogen-bond acceptors (Lipinski definition) is 34. The van der Waals surface area contributed by atoms with Crippen LogP contribution in [0.25, 0.3) is 83.9 Å². The number of piperazine rings is 3. The molecule has 4 aliphatic rings. The van der Waals surface area contributed by atoms with E-state index in [0.29, 0.717) is 217 Å². The summed E-state index contributed by atoms with van der Waals surface area (Å²) in [6.45, 7) is 6.53. The maximum atomic E-state index is 13.6. The molecule has 0 unspecified atom stereocenters. The largest absolute Gasteiger partial charge is 0.494 e. The first-order chi connectivity index (χ1) is 59.3. The fourth-order valence-corrected chi connectivity index (χ4v) is 16.7. The normalized spacial score (nSPS) is 14.4. The summed E-state index contributed by atoms with van der Waals surface area (Å²) in [6, 6.07) is 28.7. The van der Waals surface area contributed by atoms with Gasteiger partial charge in [-0.3, -0.25) is 33.6 Å². The molecular weight excluding hydrogens is 1620 g/mol. The van der Waals surface area contributed by atoms with Crippen LogP contribution >= 0.6 is 34.0 Å². The number of anilines is 3. The van der Waals surface area contributed by atoms with E-state index in [1.807, 2.05) is 124 Å². The summed E-state index contributed by atoms with van der Waals surface area (Å²) < 4.78 is 32.6. The Kier molecular flexibility index (Phi) is 22.9. The van der Waals surface area contributed by atoms with Crippen LogP contribution in [0, 0.1) is 0 Å². The Morgan fingerprint density at radius 1 is 0.463 bits per heavy atom. The molecule has 614 valence electrons. The summed E-state index contributed by atoms with van der Waals surface area (Å²) in [5, 5.41) is 48.2. The monoisotopic (exact) mass is 1690 g/mol. The van der Waals surface area contributed by atoms with Gasteiger partial charge in [-0.05, 0) is 74.7 Å². The first kappa shape index (κ1) is 79.1. The first-order valence-corrected chi connectivity index (χ1v) is 40.5. The SMILES string of the molecule is CNCc1nc(-c2ncc(OC)c3c(C(=O)C(=O)N4CCN(c5nnnn5-c5ccccc5)CC4)c[nH]c23)cs1.COc1cnc(-c2csc(C3OCCO3)n2)c2[nH]cc(C(=O)C(=O)N3CCN(c4nnnn4-c4ccccc4)CC3)c12.COc1cnc(-c2csc(C=O)n2)c2[nH]cc(C(=O)C(=O)N3CCN(c4nnnn4-c4ccccc4)CC3)c12. The summed E-state index contributed by atoms with van der Waals surface area (Å²) in [7, 11) is 6.33. The van der Waals surface area contributed by atoms with Crippen molar-refractivity contribution in [2.45, 2.75) is 12.8 Å². The Balaban J connectivity index is 0.000000129. The van der Waals surface area contributed by atoms with Crippen molar-refractivity contribution < 1.29 is 57.2 Å². The molecule has 121 heavy (non-hydrogen) atoms. The number of carbonyl (C=O) groups is 7. The van der Waals surface area contributed by atoms with Crippen LogP contribution in [0.2, 0.25) is 0 Å². The van der Waals surface area contributed by atoms with Crippen molar-refractivity contribution in [3.05, 3.63) is 176 Å². The van der Waals surface area contributed by atoms with Gasteiger partial charge < -0.3 is 73.4 Å². The molecule has 3 aromatic carbocycles. The van der Waals surface area contributed by atoms with Crippen LogP contribution in [0.4, 0.5) is 17.8 Å². The second kappa shape index (κ2) is 35.0. The predicted molar refractivity (Wildman–Crippen MR) is 441 cm³/mol. The average Bonchev–Trinajstić information content (AvgIpc) is 1.64. The van der Waals surface area contributed by atoms with Crippen LogP contribution < -0.4 is 34.2 Å². The highest BCUT2D eigenvalue weighted by atomic mass is 32.1. The quantitative estimate of drug-likeness (QED) is 0.0334. The molecule has 19 rings (SSSR count). The van der Waals surface area contributed by atoms with Crippen molar-refractivity contribution >= 4 is 126 Å². The van der Waals surface area contributed by atoms with E-state index in [-0.39, 0.29) is 16.7 Å². The van der Waals surface area contributed by atoms with Gasteiger partial charge in [0, 0.05) is 120 Å². The van der Waals surface area contributed by atoms with E-state index in [1.54, 1.807) is 41.6 Å². The number of hydrogen-bond donors (Lipinski definition) is 4. The summed E-state index contributed by atoms with van der Waals surface area (Å²) in [5.74, 6) is -0.829. The molecule has 16 heterocycles. The topological polar surface area (TPSA) is 453 Å². The van der Waals surface area contributed by atoms with Crippen molar-refractivity contribution in [2.75, 3.05) is 135 Å². The van der Waals surface area contributed by atoms with Crippen molar-refractivity contribution in [1.82, 2.24) is 125 Å². The number of aromatic amines is 3. The lowest BCUT2D eigenvalue weighted by Gasteiger charge is -2.34. The van der Waals surface area contributed by atoms with Gasteiger partial charge in [-0.15, -0.1) is 34.0 Å². The Morgan fingerprint density at radius 3 is 1.16 bits per heavy atom. The molecule has 3 amide bonds. The maximum absolute atomic E-state index is 13.6. The van der Waals surface area contributed by atoms with Crippen LogP contribution in [0.3, 0.4) is 0 Å². The number of para-hydroxylation sites is 3. The highest BCUT2D eigenvalue weighted by Gasteiger charge is 2.37. The number of thiazole rings is 3. The number of fused-ring (bicyclic) bond motifs is 3. The molecule has 43 heteroatoms. The summed E-state index contributed by atoms with van der Waals surface area (Å²) in [6.07, 6.45) is 9.28. The Morgan fingerprint density at radius 2 is 0.810 bits per heavy atom. The molecule has 4 aliphatic heterocycles. The first-order valence-electron chi connectivity index (χ1n) is 37.9. The number of amides is 3. The fraction of sp³-hybridized carbons (Fsp3) is 0.256. The van der Waals surface area contributed by atoms with Gasteiger partial charge in [-0.2, -0.15) is 14.0 Å². The van der Waals surface area contributed by atoms with Crippen LogP contribution in [-0.4, -0.2) is 282 Å². The van der Waals surface area contributed by atoms with Crippen molar-refractivity contribution in [1.29, 1.82) is 0 Å². The maximum Gasteiger partial charge on any atom is 0.295 e. The van der Waals surface area contributed by atoms with Gasteiger partial charge in [0.1, 0.15) is 61.4 Å². The summed E-state index contributed by atoms with van der Waals surface area (Å²) in [4.78, 5) is 139. The van der Waals surface area contributed by atoms with E-state index in [2.05, 4.69) is 96.7 Å². The number of nitrogens with one attached hydrogen (secondary N) is 4. The third-order valence-electron chi connectivity index (χ3n) is 20.5. The summed E-state index contributed by atoms with van der Waals surface area (Å²) >= 11 is 4.11. The zero-order valence-electron chi connectivity index (χ0n) is 65.0. The Bertz CT molecular complexity index is 6310. The zero-order chi connectivity index (χ0) is 83.2. The number of ether oxygens (including phenoxy) is 5. The van der Waals surface area contributed by atoms with Gasteiger partial charge >= 0.3 is 0 Å². The summed E-state index contributed by atoms with van der Waals surface area (Å²) in [5.41, 5.74) is 8.10. The van der Waals surface area contributed by atoms with Crippen LogP contribution in [0.15, 0.2) is 144 Å². The molecule has 0 aliphatic carbocycles. The molecule has 0 radical (unpaired) electrons. The molecular formula is C78H72N28O12S3. The molecule has 4 saturated heterocycles. The van der Waals surface area contributed by atoms with Crippen molar-refractivity contribution in [3.63, 3.8) is 0 Å². The lowest BCUT2D eigenvalue weighted by Crippen LogP contribution is -2.51.